The molecule has 1 aromatic carbocycles. The Hall–Kier alpha value is -0.740. The Morgan fingerprint density at radius 1 is 1.40 bits per heavy atom. The summed E-state index contributed by atoms with van der Waals surface area (Å²) in [7, 11) is 4.10. The highest BCUT2D eigenvalue weighted by atomic mass is 32.2. The molecule has 0 heterocycles. The Morgan fingerprint density at radius 2 is 2.13 bits per heavy atom. The molecule has 0 atom stereocenters. The van der Waals surface area contributed by atoms with Gasteiger partial charge in [-0.05, 0) is 51.0 Å². The first-order chi connectivity index (χ1) is 7.09. The number of hydrogen-bond acceptors (Lipinski definition) is 3. The smallest absolute Gasteiger partial charge is 0.147 e. The second kappa shape index (κ2) is 5.98. The summed E-state index contributed by atoms with van der Waals surface area (Å²) in [5, 5.41) is 0. The zero-order valence-corrected chi connectivity index (χ0v) is 9.98. The molecule has 2 nitrogen and oxygen atoms in total. The fraction of sp³-hybridized carbons (Fsp3) is 0.455. The number of halogens is 1. The van der Waals surface area contributed by atoms with Gasteiger partial charge in [0.2, 0.25) is 0 Å². The Morgan fingerprint density at radius 3 is 2.73 bits per heavy atom. The average Bonchev–Trinajstić information content (AvgIpc) is 2.18. The van der Waals surface area contributed by atoms with Crippen LogP contribution in [-0.4, -0.2) is 31.3 Å². The minimum absolute atomic E-state index is 0.215. The van der Waals surface area contributed by atoms with Crippen LogP contribution in [0.25, 0.3) is 0 Å². The van der Waals surface area contributed by atoms with Crippen LogP contribution in [0.3, 0.4) is 0 Å². The molecular weight excluding hydrogens is 211 g/mol. The van der Waals surface area contributed by atoms with Gasteiger partial charge in [-0.2, -0.15) is 0 Å². The standard InChI is InChI=1S/C11H17FN2S/c1-14(2)6-3-7-15-9-4-5-11(13)10(12)8-9/h4-5,8H,3,6-7,13H2,1-2H3. The third-order valence-corrected chi connectivity index (χ3v) is 3.07. The first-order valence-electron chi connectivity index (χ1n) is 4.92. The van der Waals surface area contributed by atoms with Gasteiger partial charge in [0, 0.05) is 4.90 Å². The molecule has 0 aliphatic heterocycles. The molecule has 0 saturated heterocycles. The predicted octanol–water partition coefficient (Wildman–Crippen LogP) is 2.45. The highest BCUT2D eigenvalue weighted by Crippen LogP contribution is 2.22. The van der Waals surface area contributed by atoms with Crippen LogP contribution in [0.4, 0.5) is 10.1 Å². The van der Waals surface area contributed by atoms with E-state index in [4.69, 9.17) is 5.73 Å². The van der Waals surface area contributed by atoms with Crippen molar-refractivity contribution in [3.63, 3.8) is 0 Å². The largest absolute Gasteiger partial charge is 0.396 e. The van der Waals surface area contributed by atoms with Crippen LogP contribution in [0, 0.1) is 5.82 Å². The van der Waals surface area contributed by atoms with E-state index < -0.39 is 0 Å². The van der Waals surface area contributed by atoms with Crippen molar-refractivity contribution in [2.24, 2.45) is 0 Å². The maximum Gasteiger partial charge on any atom is 0.147 e. The monoisotopic (exact) mass is 228 g/mol. The highest BCUT2D eigenvalue weighted by molar-refractivity contribution is 7.99. The molecule has 4 heteroatoms. The van der Waals surface area contributed by atoms with Crippen LogP contribution < -0.4 is 5.73 Å². The number of hydrogen-bond donors (Lipinski definition) is 1. The molecule has 0 spiro atoms. The Kier molecular flexibility index (Phi) is 4.91. The third kappa shape index (κ3) is 4.53. The molecule has 1 aromatic rings. The molecule has 0 aromatic heterocycles. The Balaban J connectivity index is 2.35. The summed E-state index contributed by atoms with van der Waals surface area (Å²) in [6, 6.07) is 4.97. The van der Waals surface area contributed by atoms with Crippen LogP contribution in [-0.2, 0) is 0 Å². The van der Waals surface area contributed by atoms with Crippen molar-refractivity contribution >= 4 is 17.4 Å². The summed E-state index contributed by atoms with van der Waals surface area (Å²) in [6.07, 6.45) is 1.10. The maximum absolute atomic E-state index is 13.1. The van der Waals surface area contributed by atoms with Crippen LogP contribution in [0.15, 0.2) is 23.1 Å². The van der Waals surface area contributed by atoms with Gasteiger partial charge in [0.25, 0.3) is 0 Å². The number of benzene rings is 1. The lowest BCUT2D eigenvalue weighted by Crippen LogP contribution is -2.13. The molecule has 2 N–H and O–H groups in total. The molecule has 0 amide bonds. The van der Waals surface area contributed by atoms with Crippen LogP contribution in [0.5, 0.6) is 0 Å². The van der Waals surface area contributed by atoms with Crippen molar-refractivity contribution in [1.29, 1.82) is 0 Å². The Labute approximate surface area is 94.6 Å². The van der Waals surface area contributed by atoms with Gasteiger partial charge in [-0.3, -0.25) is 0 Å². The molecular formula is C11H17FN2S. The van der Waals surface area contributed by atoms with Gasteiger partial charge in [-0.25, -0.2) is 4.39 Å². The number of rotatable bonds is 5. The summed E-state index contributed by atoms with van der Waals surface area (Å²) in [4.78, 5) is 3.09. The van der Waals surface area contributed by atoms with Gasteiger partial charge < -0.3 is 10.6 Å². The topological polar surface area (TPSA) is 29.3 Å². The van der Waals surface area contributed by atoms with Crippen LogP contribution in [0.2, 0.25) is 0 Å². The quantitative estimate of drug-likeness (QED) is 0.477. The molecule has 15 heavy (non-hydrogen) atoms. The van der Waals surface area contributed by atoms with E-state index in [1.165, 1.54) is 6.07 Å². The van der Waals surface area contributed by atoms with Gasteiger partial charge in [-0.1, -0.05) is 0 Å². The zero-order valence-electron chi connectivity index (χ0n) is 9.16. The van der Waals surface area contributed by atoms with E-state index in [0.29, 0.717) is 0 Å². The van der Waals surface area contributed by atoms with Crippen LogP contribution in [0.1, 0.15) is 6.42 Å². The van der Waals surface area contributed by atoms with Crippen molar-refractivity contribution in [2.75, 3.05) is 32.1 Å². The van der Waals surface area contributed by atoms with Crippen molar-refractivity contribution in [3.8, 4) is 0 Å². The molecule has 0 saturated carbocycles. The molecule has 0 aliphatic carbocycles. The summed E-state index contributed by atoms with van der Waals surface area (Å²) in [5.41, 5.74) is 5.61. The van der Waals surface area contributed by atoms with Gasteiger partial charge in [-0.15, -0.1) is 11.8 Å². The van der Waals surface area contributed by atoms with E-state index in [-0.39, 0.29) is 11.5 Å². The molecule has 1 rings (SSSR count). The van der Waals surface area contributed by atoms with Gasteiger partial charge >= 0.3 is 0 Å². The van der Waals surface area contributed by atoms with Gasteiger partial charge in [0.15, 0.2) is 0 Å². The SMILES string of the molecule is CN(C)CCCSc1ccc(N)c(F)c1. The second-order valence-corrected chi connectivity index (χ2v) is 4.86. The first-order valence-corrected chi connectivity index (χ1v) is 5.90. The lowest BCUT2D eigenvalue weighted by molar-refractivity contribution is 0.410. The summed E-state index contributed by atoms with van der Waals surface area (Å²) >= 11 is 1.66. The molecule has 0 unspecified atom stereocenters. The molecule has 84 valence electrons. The lowest BCUT2D eigenvalue weighted by atomic mass is 10.3. The second-order valence-electron chi connectivity index (χ2n) is 3.69. The third-order valence-electron chi connectivity index (χ3n) is 1.99. The minimum atomic E-state index is -0.326. The lowest BCUT2D eigenvalue weighted by Gasteiger charge is -2.08. The minimum Gasteiger partial charge on any atom is -0.396 e. The summed E-state index contributed by atoms with van der Waals surface area (Å²) < 4.78 is 13.1. The molecule has 0 fully saturated rings. The van der Waals surface area contributed by atoms with E-state index in [1.807, 2.05) is 20.2 Å². The van der Waals surface area contributed by atoms with E-state index in [1.54, 1.807) is 17.8 Å². The van der Waals surface area contributed by atoms with Crippen molar-refractivity contribution in [3.05, 3.63) is 24.0 Å². The fourth-order valence-corrected chi connectivity index (χ4v) is 2.03. The van der Waals surface area contributed by atoms with Crippen molar-refractivity contribution in [2.45, 2.75) is 11.3 Å². The highest BCUT2D eigenvalue weighted by Gasteiger charge is 2.00. The fourth-order valence-electron chi connectivity index (χ4n) is 1.17. The zero-order chi connectivity index (χ0) is 11.3. The normalized spacial score (nSPS) is 10.9. The number of thioether (sulfide) groups is 1. The van der Waals surface area contributed by atoms with Gasteiger partial charge in [0.1, 0.15) is 5.82 Å². The molecule has 0 aliphatic rings. The molecule has 0 radical (unpaired) electrons. The molecule has 0 bridgehead atoms. The van der Waals surface area contributed by atoms with E-state index in [9.17, 15) is 4.39 Å². The number of nitrogens with zero attached hydrogens (tertiary/aromatic N) is 1. The average molecular weight is 228 g/mol. The van der Waals surface area contributed by atoms with Crippen molar-refractivity contribution < 1.29 is 4.39 Å². The van der Waals surface area contributed by atoms with Gasteiger partial charge in [0.05, 0.1) is 5.69 Å². The predicted molar refractivity (Wildman–Crippen MR) is 64.7 cm³/mol. The maximum atomic E-state index is 13.1. The Bertz CT molecular complexity index is 315. The number of nitrogens with two attached hydrogens (primary N) is 1. The van der Waals surface area contributed by atoms with E-state index in [0.717, 1.165) is 23.6 Å². The number of anilines is 1. The number of nitrogen functional groups attached to an aromatic ring is 1. The van der Waals surface area contributed by atoms with Crippen molar-refractivity contribution in [1.82, 2.24) is 4.90 Å². The summed E-state index contributed by atoms with van der Waals surface area (Å²) in [6.45, 7) is 1.06. The van der Waals surface area contributed by atoms with E-state index in [2.05, 4.69) is 4.90 Å². The van der Waals surface area contributed by atoms with E-state index >= 15 is 0 Å². The van der Waals surface area contributed by atoms with Crippen LogP contribution >= 0.6 is 11.8 Å². The summed E-state index contributed by atoms with van der Waals surface area (Å²) in [5.74, 6) is 0.675. The first kappa shape index (κ1) is 12.3.